The molecule has 2 heterocycles. The molecule has 0 bridgehead atoms. The molecule has 0 spiro atoms. The zero-order valence-electron chi connectivity index (χ0n) is 25.7. The summed E-state index contributed by atoms with van der Waals surface area (Å²) in [6, 6.07) is 14.0. The Kier molecular flexibility index (Phi) is 10.1. The van der Waals surface area contributed by atoms with E-state index in [1.165, 1.54) is 41.4 Å². The Morgan fingerprint density at radius 1 is 1.07 bits per heavy atom. The van der Waals surface area contributed by atoms with Gasteiger partial charge in [-0.15, -0.1) is 0 Å². The van der Waals surface area contributed by atoms with Crippen LogP contribution in [-0.4, -0.2) is 47.7 Å². The van der Waals surface area contributed by atoms with Crippen LogP contribution in [0.2, 0.25) is 5.02 Å². The fraction of sp³-hybridized carbons (Fsp3) is 0.324. The molecule has 11 heteroatoms. The number of rotatable bonds is 9. The molecule has 1 unspecified atom stereocenters. The SMILES string of the molecule is Cc1cc(C)c(OC(=O)N(Cc2cc(Cl)ccc2F)c2ccnc(Nc3ccc(OCC4CCCN(C)C4)c(F)c3)n2)c(C)c1. The van der Waals surface area contributed by atoms with E-state index < -0.39 is 17.7 Å². The van der Waals surface area contributed by atoms with E-state index in [0.29, 0.717) is 29.0 Å². The van der Waals surface area contributed by atoms with Crippen molar-refractivity contribution >= 4 is 35.1 Å². The van der Waals surface area contributed by atoms with Crippen molar-refractivity contribution in [2.24, 2.45) is 5.92 Å². The number of anilines is 3. The molecule has 5 rings (SSSR count). The topological polar surface area (TPSA) is 79.8 Å². The van der Waals surface area contributed by atoms with Gasteiger partial charge in [-0.2, -0.15) is 4.98 Å². The van der Waals surface area contributed by atoms with Gasteiger partial charge < -0.3 is 19.7 Å². The maximum absolute atomic E-state index is 15.0. The third-order valence-corrected chi connectivity index (χ3v) is 7.89. The molecule has 8 nitrogen and oxygen atoms in total. The Morgan fingerprint density at radius 3 is 2.58 bits per heavy atom. The second kappa shape index (κ2) is 14.2. The van der Waals surface area contributed by atoms with Gasteiger partial charge in [0.15, 0.2) is 11.6 Å². The zero-order chi connectivity index (χ0) is 32.1. The molecule has 3 aromatic carbocycles. The summed E-state index contributed by atoms with van der Waals surface area (Å²) in [5.41, 5.74) is 3.14. The lowest BCUT2D eigenvalue weighted by atomic mass is 10.00. The standard InChI is InChI=1S/C34H36ClF2N5O3/c1-21-14-22(2)32(23(3)15-21)45-34(43)42(19-25-16-26(35)7-9-28(25)36)31-11-12-38-33(40-31)39-27-8-10-30(29(37)17-27)44-20-24-6-5-13-41(4)18-24/h7-12,14-17,24H,5-6,13,18-20H2,1-4H3,(H,38,39,40). The highest BCUT2D eigenvalue weighted by atomic mass is 35.5. The van der Waals surface area contributed by atoms with Crippen LogP contribution in [0.4, 0.5) is 31.0 Å². The third-order valence-electron chi connectivity index (χ3n) is 7.65. The molecule has 1 atom stereocenters. The second-order valence-corrected chi connectivity index (χ2v) is 11.9. The number of benzene rings is 3. The summed E-state index contributed by atoms with van der Waals surface area (Å²) in [6.45, 7) is 7.87. The molecule has 236 valence electrons. The third kappa shape index (κ3) is 8.26. The first-order chi connectivity index (χ1) is 21.5. The molecule has 0 aliphatic carbocycles. The van der Waals surface area contributed by atoms with Crippen molar-refractivity contribution in [2.75, 3.05) is 37.0 Å². The number of halogens is 3. The molecule has 4 aromatic rings. The van der Waals surface area contributed by atoms with E-state index in [1.807, 2.05) is 32.9 Å². The second-order valence-electron chi connectivity index (χ2n) is 11.5. The monoisotopic (exact) mass is 635 g/mol. The van der Waals surface area contributed by atoms with Crippen molar-refractivity contribution in [1.29, 1.82) is 0 Å². The highest BCUT2D eigenvalue weighted by Crippen LogP contribution is 2.29. The molecule has 1 aliphatic heterocycles. The van der Waals surface area contributed by atoms with E-state index >= 15 is 0 Å². The van der Waals surface area contributed by atoms with Crippen molar-refractivity contribution in [2.45, 2.75) is 40.2 Å². The lowest BCUT2D eigenvalue weighted by Gasteiger charge is -2.29. The number of carbonyl (C=O) groups excluding carboxylic acids is 1. The molecular formula is C34H36ClF2N5O3. The summed E-state index contributed by atoms with van der Waals surface area (Å²) in [6.07, 6.45) is 2.82. The van der Waals surface area contributed by atoms with E-state index in [1.54, 1.807) is 12.1 Å². The molecule has 1 N–H and O–H groups in total. The first kappa shape index (κ1) is 32.1. The minimum Gasteiger partial charge on any atom is -0.490 e. The Hall–Kier alpha value is -4.28. The van der Waals surface area contributed by atoms with Crippen LogP contribution in [0.1, 0.15) is 35.1 Å². The largest absolute Gasteiger partial charge is 0.490 e. The van der Waals surface area contributed by atoms with Crippen molar-refractivity contribution in [1.82, 2.24) is 14.9 Å². The predicted molar refractivity (Wildman–Crippen MR) is 172 cm³/mol. The van der Waals surface area contributed by atoms with Gasteiger partial charge >= 0.3 is 6.09 Å². The van der Waals surface area contributed by atoms with Crippen molar-refractivity contribution in [3.05, 3.63) is 99.7 Å². The summed E-state index contributed by atoms with van der Waals surface area (Å²) in [7, 11) is 2.08. The molecule has 0 radical (unpaired) electrons. The van der Waals surface area contributed by atoms with Crippen LogP contribution in [0.15, 0.2) is 60.8 Å². The van der Waals surface area contributed by atoms with Crippen molar-refractivity contribution in [3.63, 3.8) is 0 Å². The number of ether oxygens (including phenoxy) is 2. The number of aromatic nitrogens is 2. The average molecular weight is 636 g/mol. The molecule has 1 saturated heterocycles. The summed E-state index contributed by atoms with van der Waals surface area (Å²) < 4.78 is 41.4. The van der Waals surface area contributed by atoms with Crippen LogP contribution in [-0.2, 0) is 6.54 Å². The number of nitrogens with one attached hydrogen (secondary N) is 1. The number of hydrogen-bond acceptors (Lipinski definition) is 7. The van der Waals surface area contributed by atoms with E-state index in [4.69, 9.17) is 21.1 Å². The van der Waals surface area contributed by atoms with Crippen LogP contribution in [0.3, 0.4) is 0 Å². The molecule has 1 aliphatic rings. The summed E-state index contributed by atoms with van der Waals surface area (Å²) >= 11 is 6.14. The van der Waals surface area contributed by atoms with Crippen LogP contribution < -0.4 is 19.7 Å². The van der Waals surface area contributed by atoms with Gasteiger partial charge in [0.25, 0.3) is 0 Å². The van der Waals surface area contributed by atoms with Gasteiger partial charge in [0.05, 0.1) is 13.2 Å². The van der Waals surface area contributed by atoms with E-state index in [-0.39, 0.29) is 29.6 Å². The average Bonchev–Trinajstić information content (AvgIpc) is 2.99. The van der Waals surface area contributed by atoms with E-state index in [0.717, 1.165) is 42.6 Å². The van der Waals surface area contributed by atoms with Gasteiger partial charge in [0.2, 0.25) is 5.95 Å². The van der Waals surface area contributed by atoms with E-state index in [2.05, 4.69) is 27.2 Å². The number of hydrogen-bond donors (Lipinski definition) is 1. The van der Waals surface area contributed by atoms with Crippen LogP contribution >= 0.6 is 11.6 Å². The maximum atomic E-state index is 15.0. The van der Waals surface area contributed by atoms with Crippen molar-refractivity contribution in [3.8, 4) is 11.5 Å². The number of carbonyl (C=O) groups is 1. The van der Waals surface area contributed by atoms with Crippen molar-refractivity contribution < 1.29 is 23.0 Å². The quantitative estimate of drug-likeness (QED) is 0.200. The van der Waals surface area contributed by atoms with Crippen LogP contribution in [0, 0.1) is 38.3 Å². The fourth-order valence-corrected chi connectivity index (χ4v) is 5.74. The molecular weight excluding hydrogens is 600 g/mol. The fourth-order valence-electron chi connectivity index (χ4n) is 5.55. The molecule has 0 saturated carbocycles. The van der Waals surface area contributed by atoms with Gasteiger partial charge in [-0.1, -0.05) is 29.3 Å². The first-order valence-corrected chi connectivity index (χ1v) is 15.2. The van der Waals surface area contributed by atoms with Gasteiger partial charge in [0.1, 0.15) is 17.4 Å². The molecule has 45 heavy (non-hydrogen) atoms. The highest BCUT2D eigenvalue weighted by molar-refractivity contribution is 6.30. The Morgan fingerprint density at radius 2 is 1.84 bits per heavy atom. The number of amides is 1. The number of nitrogens with zero attached hydrogens (tertiary/aromatic N) is 4. The van der Waals surface area contributed by atoms with Crippen LogP contribution in [0.5, 0.6) is 11.5 Å². The Balaban J connectivity index is 1.36. The Labute approximate surface area is 267 Å². The minimum absolute atomic E-state index is 0.0953. The number of likely N-dealkylation sites (tertiary alicyclic amines) is 1. The summed E-state index contributed by atoms with van der Waals surface area (Å²) in [5.74, 6) is 0.0952. The molecule has 1 amide bonds. The number of aryl methyl sites for hydroxylation is 3. The van der Waals surface area contributed by atoms with Gasteiger partial charge in [-0.25, -0.2) is 18.6 Å². The lowest BCUT2D eigenvalue weighted by molar-refractivity contribution is 0.147. The highest BCUT2D eigenvalue weighted by Gasteiger charge is 2.24. The van der Waals surface area contributed by atoms with Crippen LogP contribution in [0.25, 0.3) is 0 Å². The lowest BCUT2D eigenvalue weighted by Crippen LogP contribution is -2.34. The van der Waals surface area contributed by atoms with Gasteiger partial charge in [-0.3, -0.25) is 4.90 Å². The van der Waals surface area contributed by atoms with E-state index in [9.17, 15) is 13.6 Å². The first-order valence-electron chi connectivity index (χ1n) is 14.8. The summed E-state index contributed by atoms with van der Waals surface area (Å²) in [4.78, 5) is 25.8. The molecule has 1 fully saturated rings. The molecule has 1 aromatic heterocycles. The number of piperidine rings is 1. The van der Waals surface area contributed by atoms with Gasteiger partial charge in [0, 0.05) is 41.0 Å². The predicted octanol–water partition coefficient (Wildman–Crippen LogP) is 8.00. The zero-order valence-corrected chi connectivity index (χ0v) is 26.5. The maximum Gasteiger partial charge on any atom is 0.421 e. The summed E-state index contributed by atoms with van der Waals surface area (Å²) in [5, 5.41) is 3.29. The normalized spacial score (nSPS) is 15.0. The Bertz CT molecular complexity index is 1660. The smallest absolute Gasteiger partial charge is 0.421 e. The van der Waals surface area contributed by atoms with Gasteiger partial charge in [-0.05, 0) is 94.7 Å². The minimum atomic E-state index is -0.772.